The molecule has 17 heavy (non-hydrogen) atoms. The monoisotopic (exact) mass is 254 g/mol. The first-order chi connectivity index (χ1) is 7.99. The van der Waals surface area contributed by atoms with Gasteiger partial charge in [-0.05, 0) is 31.1 Å². The van der Waals surface area contributed by atoms with Crippen LogP contribution < -0.4 is 11.1 Å². The van der Waals surface area contributed by atoms with E-state index in [1.165, 1.54) is 19.3 Å². The maximum absolute atomic E-state index is 12.4. The minimum Gasteiger partial charge on any atom is -0.392 e. The number of rotatable bonds is 4. The van der Waals surface area contributed by atoms with Gasteiger partial charge < -0.3 is 11.1 Å². The predicted octanol–water partition coefficient (Wildman–Crippen LogP) is 2.14. The van der Waals surface area contributed by atoms with Gasteiger partial charge in [0.2, 0.25) is 5.91 Å². The lowest BCUT2D eigenvalue weighted by molar-refractivity contribution is -0.129. The van der Waals surface area contributed by atoms with Gasteiger partial charge in [-0.15, -0.1) is 0 Å². The average Bonchev–Trinajstić information content (AvgIpc) is 3.05. The zero-order valence-corrected chi connectivity index (χ0v) is 11.4. The van der Waals surface area contributed by atoms with Crippen LogP contribution in [0.15, 0.2) is 0 Å². The Morgan fingerprint density at radius 3 is 2.29 bits per heavy atom. The van der Waals surface area contributed by atoms with Gasteiger partial charge in [-0.25, -0.2) is 0 Å². The minimum atomic E-state index is -0.557. The molecule has 0 unspecified atom stereocenters. The fourth-order valence-corrected chi connectivity index (χ4v) is 2.89. The number of hydrogen-bond acceptors (Lipinski definition) is 2. The number of nitrogens with one attached hydrogen (secondary N) is 1. The van der Waals surface area contributed by atoms with Crippen LogP contribution in [0.5, 0.6) is 0 Å². The van der Waals surface area contributed by atoms with Crippen molar-refractivity contribution in [2.24, 2.45) is 16.6 Å². The van der Waals surface area contributed by atoms with E-state index >= 15 is 0 Å². The van der Waals surface area contributed by atoms with E-state index in [2.05, 4.69) is 12.2 Å². The molecule has 0 aliphatic heterocycles. The van der Waals surface area contributed by atoms with Crippen molar-refractivity contribution in [2.45, 2.75) is 51.9 Å². The summed E-state index contributed by atoms with van der Waals surface area (Å²) in [6.07, 6.45) is 7.38. The molecular formula is C13H22N2OS. The number of carbonyl (C=O) groups is 1. The topological polar surface area (TPSA) is 55.1 Å². The van der Waals surface area contributed by atoms with E-state index in [1.807, 2.05) is 0 Å². The van der Waals surface area contributed by atoms with E-state index in [1.54, 1.807) is 0 Å². The summed E-state index contributed by atoms with van der Waals surface area (Å²) in [6.45, 7) is 2.98. The van der Waals surface area contributed by atoms with Crippen LogP contribution in [0.4, 0.5) is 0 Å². The number of amides is 1. The van der Waals surface area contributed by atoms with Gasteiger partial charge in [0.05, 0.1) is 10.4 Å². The quantitative estimate of drug-likeness (QED) is 0.756. The Morgan fingerprint density at radius 2 is 1.82 bits per heavy atom. The lowest BCUT2D eigenvalue weighted by Gasteiger charge is -2.35. The van der Waals surface area contributed by atoms with Gasteiger partial charge in [0.15, 0.2) is 0 Å². The first-order valence-corrected chi connectivity index (χ1v) is 6.98. The second-order valence-corrected chi connectivity index (χ2v) is 6.44. The number of carbonyl (C=O) groups excluding carboxylic acids is 1. The Balaban J connectivity index is 1.99. The normalized spacial score (nSPS) is 25.0. The Bertz CT molecular complexity index is 330. The summed E-state index contributed by atoms with van der Waals surface area (Å²) >= 11 is 5.14. The van der Waals surface area contributed by atoms with Gasteiger partial charge in [-0.1, -0.05) is 38.4 Å². The SMILES string of the molecule is CC1(CNC(=O)C2(C(N)=S)CCCCC2)CC1. The van der Waals surface area contributed by atoms with Crippen LogP contribution >= 0.6 is 12.2 Å². The summed E-state index contributed by atoms with van der Waals surface area (Å²) in [5, 5.41) is 3.07. The van der Waals surface area contributed by atoms with Crippen molar-refractivity contribution in [3.8, 4) is 0 Å². The molecule has 3 nitrogen and oxygen atoms in total. The van der Waals surface area contributed by atoms with E-state index in [0.29, 0.717) is 10.4 Å². The molecule has 0 heterocycles. The molecule has 0 radical (unpaired) electrons. The van der Waals surface area contributed by atoms with Gasteiger partial charge in [-0.3, -0.25) is 4.79 Å². The van der Waals surface area contributed by atoms with E-state index in [-0.39, 0.29) is 5.91 Å². The summed E-state index contributed by atoms with van der Waals surface area (Å²) in [5.41, 5.74) is 5.61. The Kier molecular flexibility index (Phi) is 3.43. The highest BCUT2D eigenvalue weighted by atomic mass is 32.1. The Labute approximate surface area is 109 Å². The fourth-order valence-electron chi connectivity index (χ4n) is 2.59. The van der Waals surface area contributed by atoms with Crippen molar-refractivity contribution in [2.75, 3.05) is 6.54 Å². The van der Waals surface area contributed by atoms with E-state index in [9.17, 15) is 4.79 Å². The zero-order valence-electron chi connectivity index (χ0n) is 10.6. The Morgan fingerprint density at radius 1 is 1.24 bits per heavy atom. The third-order valence-electron chi connectivity index (χ3n) is 4.39. The molecule has 1 amide bonds. The van der Waals surface area contributed by atoms with E-state index < -0.39 is 5.41 Å². The van der Waals surface area contributed by atoms with Crippen molar-refractivity contribution < 1.29 is 4.79 Å². The summed E-state index contributed by atoms with van der Waals surface area (Å²) in [6, 6.07) is 0. The van der Waals surface area contributed by atoms with Crippen LogP contribution in [-0.2, 0) is 4.79 Å². The molecule has 2 saturated carbocycles. The molecule has 4 heteroatoms. The minimum absolute atomic E-state index is 0.0674. The number of hydrogen-bond donors (Lipinski definition) is 2. The maximum atomic E-state index is 12.4. The number of thiocarbonyl (C=S) groups is 1. The molecule has 0 aromatic carbocycles. The Hall–Kier alpha value is -0.640. The summed E-state index contributed by atoms with van der Waals surface area (Å²) in [4.78, 5) is 12.7. The smallest absolute Gasteiger partial charge is 0.233 e. The molecule has 96 valence electrons. The molecule has 0 aromatic rings. The second-order valence-electron chi connectivity index (χ2n) is 6.00. The third-order valence-corrected chi connectivity index (χ3v) is 4.78. The van der Waals surface area contributed by atoms with Crippen LogP contribution in [0, 0.1) is 10.8 Å². The molecule has 2 aliphatic carbocycles. The average molecular weight is 254 g/mol. The summed E-state index contributed by atoms with van der Waals surface area (Å²) in [5.74, 6) is 0.0674. The molecule has 0 aromatic heterocycles. The van der Waals surface area contributed by atoms with E-state index in [0.717, 1.165) is 32.2 Å². The first-order valence-electron chi connectivity index (χ1n) is 6.57. The van der Waals surface area contributed by atoms with Crippen LogP contribution in [0.3, 0.4) is 0 Å². The van der Waals surface area contributed by atoms with Crippen molar-refractivity contribution in [1.29, 1.82) is 0 Å². The van der Waals surface area contributed by atoms with Crippen molar-refractivity contribution >= 4 is 23.1 Å². The second kappa shape index (κ2) is 4.56. The molecule has 0 bridgehead atoms. The molecule has 0 spiro atoms. The van der Waals surface area contributed by atoms with Crippen LogP contribution in [0.25, 0.3) is 0 Å². The molecule has 0 atom stereocenters. The van der Waals surface area contributed by atoms with Crippen molar-refractivity contribution in [3.05, 3.63) is 0 Å². The summed E-state index contributed by atoms with van der Waals surface area (Å²) < 4.78 is 0. The summed E-state index contributed by atoms with van der Waals surface area (Å²) in [7, 11) is 0. The van der Waals surface area contributed by atoms with Gasteiger partial charge in [-0.2, -0.15) is 0 Å². The van der Waals surface area contributed by atoms with Gasteiger partial charge >= 0.3 is 0 Å². The lowest BCUT2D eigenvalue weighted by Crippen LogP contribution is -2.50. The molecule has 2 fully saturated rings. The van der Waals surface area contributed by atoms with Crippen molar-refractivity contribution in [1.82, 2.24) is 5.32 Å². The third kappa shape index (κ3) is 2.62. The molecule has 3 N–H and O–H groups in total. The van der Waals surface area contributed by atoms with Gasteiger partial charge in [0.25, 0.3) is 0 Å². The molecule has 0 saturated heterocycles. The van der Waals surface area contributed by atoms with Crippen LogP contribution in [0.1, 0.15) is 51.9 Å². The van der Waals surface area contributed by atoms with Gasteiger partial charge in [0.1, 0.15) is 0 Å². The van der Waals surface area contributed by atoms with Gasteiger partial charge in [0, 0.05) is 6.54 Å². The van der Waals surface area contributed by atoms with Crippen LogP contribution in [0.2, 0.25) is 0 Å². The molecule has 2 rings (SSSR count). The molecule has 2 aliphatic rings. The fraction of sp³-hybridized carbons (Fsp3) is 0.846. The highest BCUT2D eigenvalue weighted by Gasteiger charge is 2.44. The molecular weight excluding hydrogens is 232 g/mol. The highest BCUT2D eigenvalue weighted by molar-refractivity contribution is 7.80. The predicted molar refractivity (Wildman–Crippen MR) is 72.7 cm³/mol. The zero-order chi connectivity index (χ0) is 12.5. The maximum Gasteiger partial charge on any atom is 0.233 e. The van der Waals surface area contributed by atoms with Crippen LogP contribution in [-0.4, -0.2) is 17.4 Å². The lowest BCUT2D eigenvalue weighted by atomic mass is 9.73. The highest BCUT2D eigenvalue weighted by Crippen LogP contribution is 2.44. The van der Waals surface area contributed by atoms with E-state index in [4.69, 9.17) is 18.0 Å². The largest absolute Gasteiger partial charge is 0.392 e. The van der Waals surface area contributed by atoms with Crippen molar-refractivity contribution in [3.63, 3.8) is 0 Å². The first kappa shape index (κ1) is 12.8. The standard InChI is InChI=1S/C13H22N2OS/c1-12(7-8-12)9-15-11(16)13(10(14)17)5-3-2-4-6-13/h2-9H2,1H3,(H2,14,17)(H,15,16). The number of nitrogens with two attached hydrogens (primary N) is 1.